The molecule has 0 aromatic heterocycles. The average molecular weight is 258 g/mol. The molecular weight excluding hydrogens is 236 g/mol. The van der Waals surface area contributed by atoms with E-state index in [1.807, 2.05) is 13.8 Å². The van der Waals surface area contributed by atoms with E-state index in [4.69, 9.17) is 9.47 Å². The first kappa shape index (κ1) is 15.1. The molecule has 0 atom stereocenters. The van der Waals surface area contributed by atoms with Gasteiger partial charge in [-0.15, -0.1) is 0 Å². The number of hydrogen-bond acceptors (Lipinski definition) is 5. The van der Waals surface area contributed by atoms with Gasteiger partial charge in [0.05, 0.1) is 19.8 Å². The van der Waals surface area contributed by atoms with Crippen molar-refractivity contribution in [3.63, 3.8) is 0 Å². The largest absolute Gasteiger partial charge is 0.468 e. The van der Waals surface area contributed by atoms with Gasteiger partial charge in [0.15, 0.2) is 5.79 Å². The minimum absolute atomic E-state index is 0.275. The van der Waals surface area contributed by atoms with Crippen LogP contribution in [0.25, 0.3) is 0 Å². The zero-order chi connectivity index (χ0) is 13.6. The van der Waals surface area contributed by atoms with Crippen LogP contribution >= 0.6 is 0 Å². The Kier molecular flexibility index (Phi) is 5.28. The fraction of sp³-hybridized carbons (Fsp3) is 0.846. The van der Waals surface area contributed by atoms with Crippen LogP contribution in [0.15, 0.2) is 0 Å². The summed E-state index contributed by atoms with van der Waals surface area (Å²) in [5.41, 5.74) is -0.275. The highest BCUT2D eigenvalue weighted by molar-refractivity contribution is 5.85. The molecule has 0 unspecified atom stereocenters. The molecule has 5 nitrogen and oxygen atoms in total. The smallest absolute Gasteiger partial charge is 0.293 e. The molecule has 1 spiro atoms. The second kappa shape index (κ2) is 6.29. The number of Topliss-reactive ketones (excluding diaryl/α,β-unsaturated/α-hetero) is 1. The first-order valence-corrected chi connectivity index (χ1v) is 6.32. The van der Waals surface area contributed by atoms with Crippen LogP contribution in [0.3, 0.4) is 0 Å². The third-order valence-electron chi connectivity index (χ3n) is 3.25. The van der Waals surface area contributed by atoms with Crippen molar-refractivity contribution < 1.29 is 23.8 Å². The maximum Gasteiger partial charge on any atom is 0.293 e. The predicted octanol–water partition coefficient (Wildman–Crippen LogP) is 1.69. The van der Waals surface area contributed by atoms with Gasteiger partial charge in [-0.3, -0.25) is 9.59 Å². The van der Waals surface area contributed by atoms with Crippen molar-refractivity contribution >= 4 is 12.3 Å². The lowest BCUT2D eigenvalue weighted by molar-refractivity contribution is -0.198. The van der Waals surface area contributed by atoms with Gasteiger partial charge in [-0.2, -0.15) is 0 Å². The molecule has 0 bridgehead atoms. The van der Waals surface area contributed by atoms with Gasteiger partial charge in [-0.05, 0) is 6.92 Å². The van der Waals surface area contributed by atoms with Crippen molar-refractivity contribution in [1.29, 1.82) is 0 Å². The standard InChI is InChI=1S/C10H16O3.C3H6O2/c1-9(2)7-10(4-3-8(9)11)12-5-6-13-10;1-2-5-3-4/h3-7H2,1-2H3;3H,2H2,1H3. The van der Waals surface area contributed by atoms with Gasteiger partial charge >= 0.3 is 0 Å². The van der Waals surface area contributed by atoms with Crippen molar-refractivity contribution in [3.05, 3.63) is 0 Å². The molecule has 1 saturated heterocycles. The van der Waals surface area contributed by atoms with Crippen molar-refractivity contribution in [2.45, 2.75) is 45.8 Å². The molecule has 5 heteroatoms. The van der Waals surface area contributed by atoms with Crippen LogP contribution in [-0.4, -0.2) is 37.9 Å². The minimum atomic E-state index is -0.433. The highest BCUT2D eigenvalue weighted by atomic mass is 16.7. The first-order valence-electron chi connectivity index (χ1n) is 6.32. The Morgan fingerprint density at radius 2 is 1.94 bits per heavy atom. The summed E-state index contributed by atoms with van der Waals surface area (Å²) in [6.45, 7) is 7.95. The van der Waals surface area contributed by atoms with Crippen LogP contribution in [-0.2, 0) is 23.8 Å². The normalized spacial score (nSPS) is 24.3. The average Bonchev–Trinajstić information content (AvgIpc) is 2.74. The lowest BCUT2D eigenvalue weighted by Crippen LogP contribution is -2.44. The molecule has 0 N–H and O–H groups in total. The molecule has 2 aliphatic rings. The van der Waals surface area contributed by atoms with Crippen LogP contribution < -0.4 is 0 Å². The highest BCUT2D eigenvalue weighted by Crippen LogP contribution is 2.43. The maximum absolute atomic E-state index is 11.5. The predicted molar refractivity (Wildman–Crippen MR) is 65.0 cm³/mol. The van der Waals surface area contributed by atoms with Gasteiger partial charge in [-0.25, -0.2) is 0 Å². The van der Waals surface area contributed by atoms with E-state index < -0.39 is 5.79 Å². The summed E-state index contributed by atoms with van der Waals surface area (Å²) in [5.74, 6) is -0.102. The number of ketones is 1. The molecule has 18 heavy (non-hydrogen) atoms. The Balaban J connectivity index is 0.000000280. The minimum Gasteiger partial charge on any atom is -0.468 e. The molecule has 2 rings (SSSR count). The zero-order valence-corrected chi connectivity index (χ0v) is 11.4. The van der Waals surface area contributed by atoms with Crippen LogP contribution in [0.4, 0.5) is 0 Å². The van der Waals surface area contributed by atoms with Crippen molar-refractivity contribution in [2.24, 2.45) is 5.41 Å². The molecule has 104 valence electrons. The van der Waals surface area contributed by atoms with Gasteiger partial charge in [0.2, 0.25) is 0 Å². The topological polar surface area (TPSA) is 61.8 Å². The molecule has 0 aromatic carbocycles. The van der Waals surface area contributed by atoms with Gasteiger partial charge in [-0.1, -0.05) is 13.8 Å². The second-order valence-electron chi connectivity index (χ2n) is 5.14. The summed E-state index contributed by atoms with van der Waals surface area (Å²) in [4.78, 5) is 20.7. The summed E-state index contributed by atoms with van der Waals surface area (Å²) in [7, 11) is 0. The number of carbonyl (C=O) groups excluding carboxylic acids is 2. The van der Waals surface area contributed by atoms with Crippen molar-refractivity contribution in [3.8, 4) is 0 Å². The van der Waals surface area contributed by atoms with E-state index in [9.17, 15) is 9.59 Å². The molecule has 0 amide bonds. The number of hydrogen-bond donors (Lipinski definition) is 0. The van der Waals surface area contributed by atoms with Gasteiger partial charge in [0, 0.05) is 24.7 Å². The number of carbonyl (C=O) groups is 2. The highest BCUT2D eigenvalue weighted by Gasteiger charge is 2.48. The summed E-state index contributed by atoms with van der Waals surface area (Å²) >= 11 is 0. The number of rotatable bonds is 2. The molecular formula is C13H22O5. The first-order chi connectivity index (χ1) is 8.46. The third kappa shape index (κ3) is 3.78. The summed E-state index contributed by atoms with van der Waals surface area (Å²) in [6, 6.07) is 0. The molecule has 1 aliphatic carbocycles. The summed E-state index contributed by atoms with van der Waals surface area (Å²) < 4.78 is 15.3. The lowest BCUT2D eigenvalue weighted by atomic mass is 9.73. The van der Waals surface area contributed by atoms with E-state index in [-0.39, 0.29) is 5.41 Å². The zero-order valence-electron chi connectivity index (χ0n) is 11.4. The molecule has 1 heterocycles. The van der Waals surface area contributed by atoms with Gasteiger partial charge < -0.3 is 14.2 Å². The van der Waals surface area contributed by atoms with Crippen molar-refractivity contribution in [1.82, 2.24) is 0 Å². The Labute approximate surface area is 108 Å². The van der Waals surface area contributed by atoms with E-state index in [0.717, 1.165) is 6.42 Å². The molecule has 1 saturated carbocycles. The molecule has 0 aromatic rings. The van der Waals surface area contributed by atoms with Crippen LogP contribution in [0.1, 0.15) is 40.0 Å². The molecule has 1 aliphatic heterocycles. The van der Waals surface area contributed by atoms with Crippen LogP contribution in [0.2, 0.25) is 0 Å². The Morgan fingerprint density at radius 3 is 2.33 bits per heavy atom. The Morgan fingerprint density at radius 1 is 1.33 bits per heavy atom. The van der Waals surface area contributed by atoms with E-state index >= 15 is 0 Å². The fourth-order valence-electron chi connectivity index (χ4n) is 2.31. The third-order valence-corrected chi connectivity index (χ3v) is 3.25. The quantitative estimate of drug-likeness (QED) is 0.705. The Bertz CT molecular complexity index is 292. The van der Waals surface area contributed by atoms with E-state index in [2.05, 4.69) is 4.74 Å². The number of ether oxygens (including phenoxy) is 3. The fourth-order valence-corrected chi connectivity index (χ4v) is 2.31. The van der Waals surface area contributed by atoms with E-state index in [1.54, 1.807) is 6.92 Å². The van der Waals surface area contributed by atoms with Gasteiger partial charge in [0.25, 0.3) is 6.47 Å². The van der Waals surface area contributed by atoms with Gasteiger partial charge in [0.1, 0.15) is 5.78 Å². The monoisotopic (exact) mass is 258 g/mol. The molecule has 2 fully saturated rings. The second-order valence-corrected chi connectivity index (χ2v) is 5.14. The van der Waals surface area contributed by atoms with E-state index in [0.29, 0.717) is 44.9 Å². The SMILES string of the molecule is CC1(C)CC2(CCC1=O)OCCO2.CCOC=O. The molecule has 0 radical (unpaired) electrons. The summed E-state index contributed by atoms with van der Waals surface area (Å²) in [6.07, 6.45) is 2.03. The van der Waals surface area contributed by atoms with Crippen LogP contribution in [0, 0.1) is 5.41 Å². The van der Waals surface area contributed by atoms with Crippen molar-refractivity contribution in [2.75, 3.05) is 19.8 Å². The maximum atomic E-state index is 11.5. The summed E-state index contributed by atoms with van der Waals surface area (Å²) in [5, 5.41) is 0. The lowest BCUT2D eigenvalue weighted by Gasteiger charge is -2.39. The Hall–Kier alpha value is -0.940. The van der Waals surface area contributed by atoms with E-state index in [1.165, 1.54) is 0 Å². The van der Waals surface area contributed by atoms with Crippen LogP contribution in [0.5, 0.6) is 0 Å².